The van der Waals surface area contributed by atoms with Crippen LogP contribution in [0.3, 0.4) is 0 Å². The fourth-order valence-electron chi connectivity index (χ4n) is 2.27. The van der Waals surface area contributed by atoms with Crippen molar-refractivity contribution in [3.63, 3.8) is 0 Å². The van der Waals surface area contributed by atoms with Crippen LogP contribution in [0, 0.1) is 0 Å². The summed E-state index contributed by atoms with van der Waals surface area (Å²) in [5.74, 6) is 0. The van der Waals surface area contributed by atoms with Crippen molar-refractivity contribution in [2.45, 2.75) is 39.8 Å². The molecular formula is C16H22BrN3O. The molecule has 5 heteroatoms. The number of ether oxygens (including phenoxy) is 1. The van der Waals surface area contributed by atoms with E-state index in [-0.39, 0.29) is 0 Å². The van der Waals surface area contributed by atoms with E-state index in [2.05, 4.69) is 34.9 Å². The number of aryl methyl sites for hydroxylation is 2. The van der Waals surface area contributed by atoms with Gasteiger partial charge in [0.2, 0.25) is 0 Å². The first-order chi connectivity index (χ1) is 10.2. The van der Waals surface area contributed by atoms with Crippen LogP contribution in [0.25, 0.3) is 0 Å². The average molecular weight is 352 g/mol. The molecule has 0 atom stereocenters. The normalized spacial score (nSPS) is 11.0. The monoisotopic (exact) mass is 351 g/mol. The van der Waals surface area contributed by atoms with Crippen LogP contribution in [-0.2, 0) is 30.7 Å². The summed E-state index contributed by atoms with van der Waals surface area (Å²) in [6.45, 7) is 6.26. The fraction of sp³-hybridized carbons (Fsp3) is 0.438. The Kier molecular flexibility index (Phi) is 5.82. The Bertz CT molecular complexity index is 595. The van der Waals surface area contributed by atoms with Crippen LogP contribution in [0.15, 0.2) is 28.7 Å². The molecule has 0 fully saturated rings. The zero-order valence-electron chi connectivity index (χ0n) is 12.6. The highest BCUT2D eigenvalue weighted by molar-refractivity contribution is 9.10. The van der Waals surface area contributed by atoms with Crippen LogP contribution in [0.4, 0.5) is 5.69 Å². The van der Waals surface area contributed by atoms with Gasteiger partial charge in [-0.2, -0.15) is 5.10 Å². The molecular weight excluding hydrogens is 330 g/mol. The summed E-state index contributed by atoms with van der Waals surface area (Å²) in [6, 6.07) is 7.91. The van der Waals surface area contributed by atoms with Gasteiger partial charge in [0.25, 0.3) is 0 Å². The number of nitrogen functional groups attached to an aromatic ring is 1. The smallest absolute Gasteiger partial charge is 0.0896 e. The summed E-state index contributed by atoms with van der Waals surface area (Å²) >= 11 is 3.63. The van der Waals surface area contributed by atoms with Crippen LogP contribution >= 0.6 is 15.9 Å². The van der Waals surface area contributed by atoms with Gasteiger partial charge >= 0.3 is 0 Å². The molecule has 114 valence electrons. The van der Waals surface area contributed by atoms with Gasteiger partial charge in [0, 0.05) is 12.2 Å². The second-order valence-corrected chi connectivity index (χ2v) is 5.67. The highest BCUT2D eigenvalue weighted by atomic mass is 79.9. The summed E-state index contributed by atoms with van der Waals surface area (Å²) in [5.41, 5.74) is 10.1. The van der Waals surface area contributed by atoms with Crippen molar-refractivity contribution < 1.29 is 4.74 Å². The van der Waals surface area contributed by atoms with E-state index in [1.54, 1.807) is 0 Å². The van der Waals surface area contributed by atoms with Gasteiger partial charge < -0.3 is 10.5 Å². The van der Waals surface area contributed by atoms with Gasteiger partial charge in [-0.1, -0.05) is 25.1 Å². The molecule has 2 N–H and O–H groups in total. The predicted molar refractivity (Wildman–Crippen MR) is 89.2 cm³/mol. The lowest BCUT2D eigenvalue weighted by atomic mass is 10.1. The third kappa shape index (κ3) is 3.86. The summed E-state index contributed by atoms with van der Waals surface area (Å²) in [7, 11) is 0. The van der Waals surface area contributed by atoms with Crippen LogP contribution in [0.1, 0.15) is 30.8 Å². The summed E-state index contributed by atoms with van der Waals surface area (Å²) in [4.78, 5) is 0. The van der Waals surface area contributed by atoms with Crippen LogP contribution in [-0.4, -0.2) is 16.4 Å². The van der Waals surface area contributed by atoms with Crippen molar-refractivity contribution in [1.82, 2.24) is 9.78 Å². The number of hydrogen-bond acceptors (Lipinski definition) is 3. The molecule has 0 bridgehead atoms. The molecule has 1 aromatic carbocycles. The molecule has 0 amide bonds. The molecule has 0 radical (unpaired) electrons. The van der Waals surface area contributed by atoms with E-state index in [0.29, 0.717) is 13.2 Å². The second kappa shape index (κ2) is 7.61. The first-order valence-corrected chi connectivity index (χ1v) is 8.11. The van der Waals surface area contributed by atoms with E-state index in [1.807, 2.05) is 28.9 Å². The Labute approximate surface area is 134 Å². The number of para-hydroxylation sites is 1. The highest BCUT2D eigenvalue weighted by Gasteiger charge is 2.13. The maximum Gasteiger partial charge on any atom is 0.0896 e. The molecule has 0 aliphatic carbocycles. The number of halogens is 1. The maximum atomic E-state index is 5.93. The van der Waals surface area contributed by atoms with Crippen molar-refractivity contribution in [2.75, 3.05) is 12.3 Å². The topological polar surface area (TPSA) is 53.1 Å². The fourth-order valence-corrected chi connectivity index (χ4v) is 2.95. The molecule has 2 rings (SSSR count). The largest absolute Gasteiger partial charge is 0.399 e. The van der Waals surface area contributed by atoms with E-state index in [9.17, 15) is 0 Å². The maximum absolute atomic E-state index is 5.93. The number of anilines is 1. The van der Waals surface area contributed by atoms with Crippen molar-refractivity contribution in [3.05, 3.63) is 45.7 Å². The lowest BCUT2D eigenvalue weighted by Crippen LogP contribution is -2.07. The van der Waals surface area contributed by atoms with E-state index in [1.165, 1.54) is 0 Å². The van der Waals surface area contributed by atoms with Crippen LogP contribution in [0.2, 0.25) is 0 Å². The van der Waals surface area contributed by atoms with E-state index < -0.39 is 0 Å². The standard InChI is InChI=1S/C16H22BrN3O/c1-3-14-16(17)15(20(4-2)19-14)11-21-10-9-12-7-5-6-8-13(12)18/h5-8H,3-4,9-11,18H2,1-2H3. The first kappa shape index (κ1) is 16.0. The van der Waals surface area contributed by atoms with Crippen LogP contribution < -0.4 is 5.73 Å². The van der Waals surface area contributed by atoms with Gasteiger partial charge in [-0.05, 0) is 47.3 Å². The number of aromatic nitrogens is 2. The predicted octanol–water partition coefficient (Wildman–Crippen LogP) is 3.57. The van der Waals surface area contributed by atoms with Crippen molar-refractivity contribution >= 4 is 21.6 Å². The number of nitrogens with two attached hydrogens (primary N) is 1. The van der Waals surface area contributed by atoms with Gasteiger partial charge in [-0.15, -0.1) is 0 Å². The third-order valence-corrected chi connectivity index (χ3v) is 4.42. The second-order valence-electron chi connectivity index (χ2n) is 4.88. The van der Waals surface area contributed by atoms with Gasteiger partial charge in [0.1, 0.15) is 0 Å². The summed E-state index contributed by atoms with van der Waals surface area (Å²) < 4.78 is 8.89. The lowest BCUT2D eigenvalue weighted by Gasteiger charge is -2.08. The molecule has 0 saturated heterocycles. The van der Waals surface area contributed by atoms with E-state index in [4.69, 9.17) is 10.5 Å². The van der Waals surface area contributed by atoms with Crippen molar-refractivity contribution in [3.8, 4) is 0 Å². The molecule has 0 saturated carbocycles. The minimum Gasteiger partial charge on any atom is -0.399 e. The molecule has 2 aromatic rings. The first-order valence-electron chi connectivity index (χ1n) is 7.32. The highest BCUT2D eigenvalue weighted by Crippen LogP contribution is 2.23. The third-order valence-electron chi connectivity index (χ3n) is 3.50. The quantitative estimate of drug-likeness (QED) is 0.612. The van der Waals surface area contributed by atoms with E-state index in [0.717, 1.165) is 46.5 Å². The summed E-state index contributed by atoms with van der Waals surface area (Å²) in [5, 5.41) is 4.57. The number of nitrogens with zero attached hydrogens (tertiary/aromatic N) is 2. The molecule has 0 aliphatic heterocycles. The number of benzene rings is 1. The molecule has 0 unspecified atom stereocenters. The molecule has 4 nitrogen and oxygen atoms in total. The Morgan fingerprint density at radius 3 is 2.71 bits per heavy atom. The van der Waals surface area contributed by atoms with Crippen LogP contribution in [0.5, 0.6) is 0 Å². The van der Waals surface area contributed by atoms with E-state index >= 15 is 0 Å². The Hall–Kier alpha value is -1.33. The Morgan fingerprint density at radius 2 is 2.05 bits per heavy atom. The molecule has 0 spiro atoms. The summed E-state index contributed by atoms with van der Waals surface area (Å²) in [6.07, 6.45) is 1.74. The zero-order valence-corrected chi connectivity index (χ0v) is 14.2. The van der Waals surface area contributed by atoms with Crippen molar-refractivity contribution in [1.29, 1.82) is 0 Å². The number of hydrogen-bond donors (Lipinski definition) is 1. The molecule has 21 heavy (non-hydrogen) atoms. The van der Waals surface area contributed by atoms with Gasteiger partial charge in [-0.3, -0.25) is 4.68 Å². The minimum atomic E-state index is 0.564. The SMILES string of the molecule is CCc1nn(CC)c(COCCc2ccccc2N)c1Br. The van der Waals surface area contributed by atoms with Gasteiger partial charge in [0.15, 0.2) is 0 Å². The molecule has 1 aromatic heterocycles. The number of rotatable bonds is 7. The zero-order chi connectivity index (χ0) is 15.2. The Balaban J connectivity index is 1.92. The molecule has 1 heterocycles. The van der Waals surface area contributed by atoms with Gasteiger partial charge in [0.05, 0.1) is 29.1 Å². The minimum absolute atomic E-state index is 0.564. The molecule has 0 aliphatic rings. The Morgan fingerprint density at radius 1 is 1.29 bits per heavy atom. The lowest BCUT2D eigenvalue weighted by molar-refractivity contribution is 0.117. The van der Waals surface area contributed by atoms with Crippen molar-refractivity contribution in [2.24, 2.45) is 0 Å². The average Bonchev–Trinajstić information content (AvgIpc) is 2.81. The van der Waals surface area contributed by atoms with Gasteiger partial charge in [-0.25, -0.2) is 0 Å².